The molecule has 2 heterocycles. The highest BCUT2D eigenvalue weighted by molar-refractivity contribution is 6.13. The fourth-order valence-electron chi connectivity index (χ4n) is 3.30. The molecule has 3 aromatic rings. The first-order valence-corrected chi connectivity index (χ1v) is 9.35. The molecule has 156 valence electrons. The Morgan fingerprint density at radius 3 is 2.65 bits per heavy atom. The Morgan fingerprint density at radius 1 is 1.16 bits per heavy atom. The topological polar surface area (TPSA) is 99.9 Å². The van der Waals surface area contributed by atoms with Gasteiger partial charge in [-0.3, -0.25) is 9.69 Å². The van der Waals surface area contributed by atoms with E-state index in [4.69, 9.17) is 9.52 Å². The monoisotopic (exact) mass is 420 g/mol. The van der Waals surface area contributed by atoms with Gasteiger partial charge in [0.25, 0.3) is 5.91 Å². The second-order valence-electron chi connectivity index (χ2n) is 7.01. The van der Waals surface area contributed by atoms with Gasteiger partial charge in [0.2, 0.25) is 0 Å². The molecule has 0 saturated carbocycles. The normalized spacial score (nSPS) is 14.9. The van der Waals surface area contributed by atoms with Crippen LogP contribution in [0.15, 0.2) is 64.7 Å². The number of carbonyl (C=O) groups is 3. The molecule has 7 nitrogen and oxygen atoms in total. The van der Waals surface area contributed by atoms with Crippen molar-refractivity contribution < 1.29 is 28.3 Å². The zero-order chi connectivity index (χ0) is 22.1. The molecule has 0 unspecified atom stereocenters. The molecule has 0 aliphatic carbocycles. The number of nitrogens with one attached hydrogen (secondary N) is 1. The number of furan rings is 1. The highest BCUT2D eigenvalue weighted by Crippen LogP contribution is 2.28. The molecule has 0 bridgehead atoms. The highest BCUT2D eigenvalue weighted by Gasteiger charge is 2.34. The summed E-state index contributed by atoms with van der Waals surface area (Å²) in [4.78, 5) is 36.8. The number of benzene rings is 2. The van der Waals surface area contributed by atoms with E-state index in [1.807, 2.05) is 0 Å². The van der Waals surface area contributed by atoms with Crippen LogP contribution in [0, 0.1) is 12.7 Å². The molecule has 0 spiro atoms. The lowest BCUT2D eigenvalue weighted by Crippen LogP contribution is -2.30. The van der Waals surface area contributed by atoms with Crippen molar-refractivity contribution in [3.05, 3.63) is 88.6 Å². The van der Waals surface area contributed by atoms with E-state index >= 15 is 0 Å². The third kappa shape index (κ3) is 3.95. The van der Waals surface area contributed by atoms with Crippen molar-refractivity contribution in [1.82, 2.24) is 10.2 Å². The van der Waals surface area contributed by atoms with Gasteiger partial charge >= 0.3 is 12.0 Å². The minimum atomic E-state index is -1.02. The van der Waals surface area contributed by atoms with Gasteiger partial charge in [-0.25, -0.2) is 14.0 Å². The predicted molar refractivity (Wildman–Crippen MR) is 109 cm³/mol. The van der Waals surface area contributed by atoms with Gasteiger partial charge in [0.1, 0.15) is 23.0 Å². The molecular weight excluding hydrogens is 403 g/mol. The van der Waals surface area contributed by atoms with Crippen molar-refractivity contribution in [2.75, 3.05) is 0 Å². The van der Waals surface area contributed by atoms with Gasteiger partial charge < -0.3 is 14.8 Å². The maximum Gasteiger partial charge on any atom is 0.335 e. The first kappa shape index (κ1) is 20.1. The van der Waals surface area contributed by atoms with Crippen molar-refractivity contribution in [3.8, 4) is 11.3 Å². The van der Waals surface area contributed by atoms with Gasteiger partial charge in [0.05, 0.1) is 12.1 Å². The van der Waals surface area contributed by atoms with Crippen molar-refractivity contribution >= 4 is 24.0 Å². The number of aromatic carboxylic acids is 1. The van der Waals surface area contributed by atoms with Crippen molar-refractivity contribution in [3.63, 3.8) is 0 Å². The number of hydrogen-bond acceptors (Lipinski definition) is 4. The number of carboxylic acids is 1. The largest absolute Gasteiger partial charge is 0.478 e. The minimum Gasteiger partial charge on any atom is -0.478 e. The van der Waals surface area contributed by atoms with Gasteiger partial charge in [-0.05, 0) is 42.8 Å². The summed E-state index contributed by atoms with van der Waals surface area (Å²) in [6.07, 6.45) is 1.39. The van der Waals surface area contributed by atoms with Crippen LogP contribution in [0.1, 0.15) is 27.2 Å². The lowest BCUT2D eigenvalue weighted by atomic mass is 10.0. The highest BCUT2D eigenvalue weighted by atomic mass is 19.1. The fourth-order valence-corrected chi connectivity index (χ4v) is 3.30. The van der Waals surface area contributed by atoms with Crippen molar-refractivity contribution in [1.29, 1.82) is 0 Å². The molecule has 1 aliphatic heterocycles. The summed E-state index contributed by atoms with van der Waals surface area (Å²) in [7, 11) is 0. The van der Waals surface area contributed by atoms with Crippen LogP contribution in [0.25, 0.3) is 17.4 Å². The predicted octanol–water partition coefficient (Wildman–Crippen LogP) is 4.19. The summed E-state index contributed by atoms with van der Waals surface area (Å²) in [6.45, 7) is 1.58. The molecule has 8 heteroatoms. The van der Waals surface area contributed by atoms with Crippen LogP contribution < -0.4 is 5.32 Å². The number of carbonyl (C=O) groups excluding carboxylic acids is 2. The van der Waals surface area contributed by atoms with Crippen LogP contribution in [0.4, 0.5) is 9.18 Å². The van der Waals surface area contributed by atoms with Gasteiger partial charge in [-0.2, -0.15) is 0 Å². The van der Waals surface area contributed by atoms with E-state index in [1.165, 1.54) is 30.3 Å². The summed E-state index contributed by atoms with van der Waals surface area (Å²) in [5.74, 6) is -1.29. The van der Waals surface area contributed by atoms with E-state index in [0.29, 0.717) is 17.1 Å². The molecule has 2 aromatic carbocycles. The smallest absolute Gasteiger partial charge is 0.335 e. The van der Waals surface area contributed by atoms with E-state index in [9.17, 15) is 18.8 Å². The second-order valence-corrected chi connectivity index (χ2v) is 7.01. The maximum absolute atomic E-state index is 13.9. The lowest BCUT2D eigenvalue weighted by molar-refractivity contribution is -0.123. The molecule has 31 heavy (non-hydrogen) atoms. The zero-order valence-corrected chi connectivity index (χ0v) is 16.4. The molecule has 1 fully saturated rings. The molecule has 4 rings (SSSR count). The van der Waals surface area contributed by atoms with E-state index in [2.05, 4.69) is 5.32 Å². The number of amides is 3. The van der Waals surface area contributed by atoms with Crippen LogP contribution in [-0.2, 0) is 11.3 Å². The Hall–Kier alpha value is -4.20. The van der Waals surface area contributed by atoms with Crippen LogP contribution in [-0.4, -0.2) is 27.9 Å². The SMILES string of the molecule is Cc1cc(C(=O)O)ccc1-c1ccc(/C=C2\NC(=O)N(Cc3ccccc3F)C2=O)o1. The maximum atomic E-state index is 13.9. The van der Waals surface area contributed by atoms with E-state index in [-0.39, 0.29) is 23.4 Å². The fraction of sp³-hybridized carbons (Fsp3) is 0.0870. The van der Waals surface area contributed by atoms with E-state index in [0.717, 1.165) is 10.5 Å². The summed E-state index contributed by atoms with van der Waals surface area (Å²) in [6, 6.07) is 13.3. The summed E-state index contributed by atoms with van der Waals surface area (Å²) >= 11 is 0. The number of carboxylic acid groups (broad SMARTS) is 1. The molecule has 1 saturated heterocycles. The quantitative estimate of drug-likeness (QED) is 0.476. The molecule has 0 radical (unpaired) electrons. The molecule has 1 aromatic heterocycles. The second kappa shape index (κ2) is 7.91. The van der Waals surface area contributed by atoms with Gasteiger partial charge in [-0.1, -0.05) is 24.3 Å². The van der Waals surface area contributed by atoms with Gasteiger partial charge in [0.15, 0.2) is 0 Å². The summed E-state index contributed by atoms with van der Waals surface area (Å²) < 4.78 is 19.6. The summed E-state index contributed by atoms with van der Waals surface area (Å²) in [5, 5.41) is 11.6. The average molecular weight is 420 g/mol. The van der Waals surface area contributed by atoms with Gasteiger partial charge in [-0.15, -0.1) is 0 Å². The molecule has 0 atom stereocenters. The van der Waals surface area contributed by atoms with E-state index < -0.39 is 23.7 Å². The number of aryl methyl sites for hydroxylation is 1. The number of urea groups is 1. The van der Waals surface area contributed by atoms with E-state index in [1.54, 1.807) is 37.3 Å². The zero-order valence-electron chi connectivity index (χ0n) is 16.4. The Bertz CT molecular complexity index is 1240. The average Bonchev–Trinajstić information content (AvgIpc) is 3.29. The number of rotatable bonds is 5. The third-order valence-electron chi connectivity index (χ3n) is 4.90. The van der Waals surface area contributed by atoms with Gasteiger partial charge in [0, 0.05) is 17.2 Å². The van der Waals surface area contributed by atoms with Crippen molar-refractivity contribution in [2.24, 2.45) is 0 Å². The number of hydrogen-bond donors (Lipinski definition) is 2. The van der Waals surface area contributed by atoms with Crippen LogP contribution in [0.5, 0.6) is 0 Å². The Morgan fingerprint density at radius 2 is 1.94 bits per heavy atom. The van der Waals surface area contributed by atoms with Crippen molar-refractivity contribution in [2.45, 2.75) is 13.5 Å². The first-order valence-electron chi connectivity index (χ1n) is 9.35. The number of nitrogens with zero attached hydrogens (tertiary/aromatic N) is 1. The Balaban J connectivity index is 1.56. The molecule has 1 aliphatic rings. The third-order valence-corrected chi connectivity index (χ3v) is 4.90. The Kier molecular flexibility index (Phi) is 5.12. The molecule has 3 amide bonds. The molecular formula is C23H17FN2O5. The van der Waals surface area contributed by atoms with Crippen LogP contribution >= 0.6 is 0 Å². The van der Waals surface area contributed by atoms with Crippen LogP contribution in [0.2, 0.25) is 0 Å². The molecule has 2 N–H and O–H groups in total. The minimum absolute atomic E-state index is 0.0141. The standard InChI is InChI=1S/C23H17FN2O5/c1-13-10-14(22(28)29)6-8-17(13)20-9-7-16(31-20)11-19-21(27)26(23(30)25-19)12-15-4-2-3-5-18(15)24/h2-11H,12H2,1H3,(H,25,30)(H,28,29)/b19-11-. The Labute approximate surface area is 176 Å². The number of imide groups is 1. The number of halogens is 1. The summed E-state index contributed by atoms with van der Waals surface area (Å²) in [5.41, 5.74) is 1.84. The van der Waals surface area contributed by atoms with Crippen LogP contribution in [0.3, 0.4) is 0 Å². The first-order chi connectivity index (χ1) is 14.8. The lowest BCUT2D eigenvalue weighted by Gasteiger charge is -2.12.